The summed E-state index contributed by atoms with van der Waals surface area (Å²) in [4.78, 5) is 23.3. The van der Waals surface area contributed by atoms with E-state index in [0.29, 0.717) is 5.57 Å². The topological polar surface area (TPSA) is 86.2 Å². The van der Waals surface area contributed by atoms with E-state index in [-0.39, 0.29) is 11.8 Å². The molecular formula is C14H20N2O2. The molecule has 0 aliphatic heterocycles. The molecule has 4 heteroatoms. The van der Waals surface area contributed by atoms with Crippen LogP contribution in [0.5, 0.6) is 0 Å². The van der Waals surface area contributed by atoms with Gasteiger partial charge in [-0.1, -0.05) is 31.9 Å². The standard InChI is InChI=1S/C14H20N2O2/c1-9-7-11(12(15)17)10-5-3-2-4-6-14(9,8-10)13(16)18/h7-9H,2-6H2,1H3,(H2,15,17)(H2,16,18). The van der Waals surface area contributed by atoms with Gasteiger partial charge in [-0.2, -0.15) is 0 Å². The minimum absolute atomic E-state index is 0.0700. The quantitative estimate of drug-likeness (QED) is 0.774. The van der Waals surface area contributed by atoms with E-state index in [1.165, 1.54) is 0 Å². The summed E-state index contributed by atoms with van der Waals surface area (Å²) in [5.74, 6) is -0.778. The SMILES string of the molecule is CC1C=C(C(N)=O)C2=CC1(C(N)=O)CCCCC2. The summed E-state index contributed by atoms with van der Waals surface area (Å²) in [7, 11) is 0. The van der Waals surface area contributed by atoms with Crippen LogP contribution in [0.1, 0.15) is 39.0 Å². The van der Waals surface area contributed by atoms with Crippen molar-refractivity contribution in [1.29, 1.82) is 0 Å². The zero-order valence-electron chi connectivity index (χ0n) is 10.7. The molecule has 0 aromatic rings. The molecule has 2 rings (SSSR count). The van der Waals surface area contributed by atoms with Crippen molar-refractivity contribution >= 4 is 11.8 Å². The molecule has 0 heterocycles. The molecule has 2 unspecified atom stereocenters. The van der Waals surface area contributed by atoms with Crippen LogP contribution in [0.4, 0.5) is 0 Å². The molecule has 4 nitrogen and oxygen atoms in total. The smallest absolute Gasteiger partial charge is 0.248 e. The first kappa shape index (κ1) is 12.9. The summed E-state index contributed by atoms with van der Waals surface area (Å²) in [5.41, 5.74) is 11.9. The van der Waals surface area contributed by atoms with Crippen molar-refractivity contribution in [3.63, 3.8) is 0 Å². The first-order chi connectivity index (χ1) is 8.47. The Morgan fingerprint density at radius 2 is 2.00 bits per heavy atom. The van der Waals surface area contributed by atoms with Crippen LogP contribution in [0.25, 0.3) is 0 Å². The molecule has 0 fully saturated rings. The number of amides is 2. The second kappa shape index (κ2) is 4.59. The number of carbonyl (C=O) groups excluding carboxylic acids is 2. The molecule has 18 heavy (non-hydrogen) atoms. The molecule has 0 saturated carbocycles. The molecule has 2 bridgehead atoms. The third kappa shape index (κ3) is 1.96. The number of rotatable bonds is 2. The lowest BCUT2D eigenvalue weighted by atomic mass is 9.65. The maximum atomic E-state index is 11.9. The Balaban J connectivity index is 2.50. The van der Waals surface area contributed by atoms with E-state index in [0.717, 1.165) is 37.7 Å². The van der Waals surface area contributed by atoms with Crippen LogP contribution in [0.2, 0.25) is 0 Å². The van der Waals surface area contributed by atoms with Crippen LogP contribution in [0.3, 0.4) is 0 Å². The molecule has 2 aliphatic carbocycles. The first-order valence-electron chi connectivity index (χ1n) is 6.51. The van der Waals surface area contributed by atoms with Crippen molar-refractivity contribution in [2.24, 2.45) is 22.8 Å². The molecule has 0 radical (unpaired) electrons. The maximum absolute atomic E-state index is 11.9. The highest BCUT2D eigenvalue weighted by atomic mass is 16.1. The number of nitrogens with two attached hydrogens (primary N) is 2. The van der Waals surface area contributed by atoms with Gasteiger partial charge in [-0.25, -0.2) is 0 Å². The summed E-state index contributed by atoms with van der Waals surface area (Å²) < 4.78 is 0. The highest BCUT2D eigenvalue weighted by Crippen LogP contribution is 2.44. The summed E-state index contributed by atoms with van der Waals surface area (Å²) in [5, 5.41) is 0. The van der Waals surface area contributed by atoms with Gasteiger partial charge in [0, 0.05) is 5.57 Å². The van der Waals surface area contributed by atoms with Crippen molar-refractivity contribution in [1.82, 2.24) is 0 Å². The second-order valence-electron chi connectivity index (χ2n) is 5.37. The lowest BCUT2D eigenvalue weighted by molar-refractivity contribution is -0.127. The molecule has 2 amide bonds. The third-order valence-electron chi connectivity index (χ3n) is 4.27. The molecule has 2 atom stereocenters. The number of carbonyl (C=O) groups is 2. The van der Waals surface area contributed by atoms with E-state index in [1.807, 2.05) is 19.1 Å². The number of allylic oxidation sites excluding steroid dienone is 1. The van der Waals surface area contributed by atoms with Crippen molar-refractivity contribution in [2.45, 2.75) is 39.0 Å². The molecule has 0 saturated heterocycles. The monoisotopic (exact) mass is 248 g/mol. The van der Waals surface area contributed by atoms with Gasteiger partial charge in [0.25, 0.3) is 0 Å². The second-order valence-corrected chi connectivity index (χ2v) is 5.37. The molecular weight excluding hydrogens is 228 g/mol. The summed E-state index contributed by atoms with van der Waals surface area (Å²) >= 11 is 0. The Morgan fingerprint density at radius 3 is 2.61 bits per heavy atom. The van der Waals surface area contributed by atoms with Gasteiger partial charge < -0.3 is 11.5 Å². The van der Waals surface area contributed by atoms with Crippen LogP contribution >= 0.6 is 0 Å². The summed E-state index contributed by atoms with van der Waals surface area (Å²) in [6.07, 6.45) is 8.39. The molecule has 0 aromatic heterocycles. The fraction of sp³-hybridized carbons (Fsp3) is 0.571. The van der Waals surface area contributed by atoms with Crippen LogP contribution in [-0.2, 0) is 9.59 Å². The zero-order valence-corrected chi connectivity index (χ0v) is 10.7. The summed E-state index contributed by atoms with van der Waals surface area (Å²) in [6, 6.07) is 0. The number of hydrogen-bond acceptors (Lipinski definition) is 2. The van der Waals surface area contributed by atoms with Crippen molar-refractivity contribution in [3.05, 3.63) is 23.3 Å². The van der Waals surface area contributed by atoms with E-state index in [2.05, 4.69) is 0 Å². The van der Waals surface area contributed by atoms with Gasteiger partial charge in [-0.3, -0.25) is 9.59 Å². The van der Waals surface area contributed by atoms with Gasteiger partial charge in [0.2, 0.25) is 11.8 Å². The Kier molecular flexibility index (Phi) is 3.28. The average Bonchev–Trinajstić information content (AvgIpc) is 2.26. The van der Waals surface area contributed by atoms with Gasteiger partial charge in [-0.05, 0) is 30.8 Å². The van der Waals surface area contributed by atoms with Crippen LogP contribution < -0.4 is 11.5 Å². The van der Waals surface area contributed by atoms with Crippen molar-refractivity contribution < 1.29 is 9.59 Å². The largest absolute Gasteiger partial charge is 0.369 e. The number of hydrogen-bond donors (Lipinski definition) is 2. The maximum Gasteiger partial charge on any atom is 0.248 e. The Labute approximate surface area is 107 Å². The highest BCUT2D eigenvalue weighted by molar-refractivity contribution is 5.98. The third-order valence-corrected chi connectivity index (χ3v) is 4.27. The number of primary amides is 2. The lowest BCUT2D eigenvalue weighted by Crippen LogP contribution is -2.43. The fourth-order valence-electron chi connectivity index (χ4n) is 3.10. The molecule has 0 aromatic carbocycles. The van der Waals surface area contributed by atoms with Gasteiger partial charge in [-0.15, -0.1) is 0 Å². The van der Waals surface area contributed by atoms with Crippen LogP contribution in [0, 0.1) is 11.3 Å². The normalized spacial score (nSPS) is 31.7. The first-order valence-corrected chi connectivity index (χ1v) is 6.51. The van der Waals surface area contributed by atoms with Gasteiger partial charge in [0.05, 0.1) is 5.41 Å². The van der Waals surface area contributed by atoms with Gasteiger partial charge >= 0.3 is 0 Å². The van der Waals surface area contributed by atoms with Crippen molar-refractivity contribution in [2.75, 3.05) is 0 Å². The molecule has 98 valence electrons. The minimum Gasteiger partial charge on any atom is -0.369 e. The zero-order chi connectivity index (χ0) is 13.3. The number of fused-ring (bicyclic) bond motifs is 1. The molecule has 2 aliphatic rings. The van der Waals surface area contributed by atoms with E-state index in [4.69, 9.17) is 11.5 Å². The van der Waals surface area contributed by atoms with Crippen LogP contribution in [0.15, 0.2) is 23.3 Å². The van der Waals surface area contributed by atoms with E-state index in [9.17, 15) is 9.59 Å². The lowest BCUT2D eigenvalue weighted by Gasteiger charge is -2.38. The van der Waals surface area contributed by atoms with Gasteiger partial charge in [0.1, 0.15) is 0 Å². The predicted octanol–water partition coefficient (Wildman–Crippen LogP) is 1.41. The minimum atomic E-state index is -0.630. The molecule has 4 N–H and O–H groups in total. The average molecular weight is 248 g/mol. The Hall–Kier alpha value is -1.58. The Bertz CT molecular complexity index is 451. The Morgan fingerprint density at radius 1 is 1.28 bits per heavy atom. The van der Waals surface area contributed by atoms with Crippen molar-refractivity contribution in [3.8, 4) is 0 Å². The van der Waals surface area contributed by atoms with E-state index in [1.54, 1.807) is 0 Å². The summed E-state index contributed by atoms with van der Waals surface area (Å²) in [6.45, 7) is 1.93. The van der Waals surface area contributed by atoms with Crippen LogP contribution in [-0.4, -0.2) is 11.8 Å². The predicted molar refractivity (Wildman–Crippen MR) is 69.2 cm³/mol. The van der Waals surface area contributed by atoms with E-state index >= 15 is 0 Å². The molecule has 0 spiro atoms. The van der Waals surface area contributed by atoms with E-state index < -0.39 is 11.3 Å². The highest BCUT2D eigenvalue weighted by Gasteiger charge is 2.42. The van der Waals surface area contributed by atoms with Gasteiger partial charge in [0.15, 0.2) is 0 Å². The fourth-order valence-corrected chi connectivity index (χ4v) is 3.10.